The van der Waals surface area contributed by atoms with Crippen molar-refractivity contribution in [1.82, 2.24) is 16.0 Å². The number of fused-ring (bicyclic) bond motifs is 2. The Balaban J connectivity index is 1.36. The van der Waals surface area contributed by atoms with E-state index in [1.165, 1.54) is 30.4 Å². The van der Waals surface area contributed by atoms with E-state index in [1.807, 2.05) is 7.05 Å². The van der Waals surface area contributed by atoms with Gasteiger partial charge in [-0.3, -0.25) is 19.2 Å². The normalized spacial score (nSPS) is 14.2. The number of hydrogen-bond acceptors (Lipinski definition) is 8. The van der Waals surface area contributed by atoms with E-state index in [1.54, 1.807) is 24.3 Å². The Morgan fingerprint density at radius 1 is 1.00 bits per heavy atom. The van der Waals surface area contributed by atoms with Crippen LogP contribution in [0.25, 0.3) is 5.57 Å². The number of nitrogens with two attached hydrogens (primary N) is 1. The van der Waals surface area contributed by atoms with Gasteiger partial charge in [0.25, 0.3) is 5.91 Å². The number of nitrogens with one attached hydrogen (secondary N) is 3. The Labute approximate surface area is 266 Å². The fourth-order valence-electron chi connectivity index (χ4n) is 5.46. The Morgan fingerprint density at radius 2 is 1.78 bits per heavy atom. The van der Waals surface area contributed by atoms with Gasteiger partial charge in [0.15, 0.2) is 5.78 Å². The van der Waals surface area contributed by atoms with Crippen LogP contribution in [0, 0.1) is 0 Å². The maximum absolute atomic E-state index is 12.9. The molecule has 242 valence electrons. The molecule has 0 fully saturated rings. The van der Waals surface area contributed by atoms with E-state index in [4.69, 9.17) is 10.5 Å². The Kier molecular flexibility index (Phi) is 11.6. The van der Waals surface area contributed by atoms with E-state index < -0.39 is 23.8 Å². The van der Waals surface area contributed by atoms with Gasteiger partial charge in [-0.25, -0.2) is 4.79 Å². The molecule has 2 aromatic rings. The summed E-state index contributed by atoms with van der Waals surface area (Å²) < 4.78 is 5.45. The molecular weight excluding hydrogens is 592 g/mol. The molecule has 0 saturated heterocycles. The van der Waals surface area contributed by atoms with Crippen molar-refractivity contribution in [3.63, 3.8) is 0 Å². The third kappa shape index (κ3) is 8.55. The first-order valence-corrected chi connectivity index (χ1v) is 15.1. The zero-order chi connectivity index (χ0) is 33.2. The monoisotopic (exact) mass is 630 g/mol. The summed E-state index contributed by atoms with van der Waals surface area (Å²) in [4.78, 5) is 61.3. The number of benzene rings is 2. The van der Waals surface area contributed by atoms with Crippen LogP contribution < -0.4 is 21.7 Å². The molecule has 0 bridgehead atoms. The van der Waals surface area contributed by atoms with Crippen molar-refractivity contribution in [2.45, 2.75) is 38.1 Å². The van der Waals surface area contributed by atoms with Crippen molar-refractivity contribution in [1.29, 1.82) is 0 Å². The average Bonchev–Trinajstić information content (AvgIpc) is 3.02. The van der Waals surface area contributed by atoms with Crippen LogP contribution in [0.1, 0.15) is 63.1 Å². The van der Waals surface area contributed by atoms with E-state index in [9.17, 15) is 34.2 Å². The molecule has 0 aliphatic heterocycles. The molecule has 46 heavy (non-hydrogen) atoms. The Hall–Kier alpha value is -5.07. The third-order valence-electron chi connectivity index (χ3n) is 7.72. The van der Waals surface area contributed by atoms with Crippen molar-refractivity contribution in [2.24, 2.45) is 5.73 Å². The smallest absolute Gasteiger partial charge is 0.336 e. The predicted molar refractivity (Wildman–Crippen MR) is 170 cm³/mol. The van der Waals surface area contributed by atoms with Crippen molar-refractivity contribution < 1.29 is 38.9 Å². The van der Waals surface area contributed by atoms with Crippen molar-refractivity contribution in [3.8, 4) is 5.75 Å². The van der Waals surface area contributed by atoms with Crippen LogP contribution in [0.4, 0.5) is 0 Å². The van der Waals surface area contributed by atoms with Crippen molar-refractivity contribution in [3.05, 3.63) is 93.6 Å². The lowest BCUT2D eigenvalue weighted by Crippen LogP contribution is -2.44. The first-order valence-electron chi connectivity index (χ1n) is 15.1. The summed E-state index contributed by atoms with van der Waals surface area (Å²) >= 11 is 0. The second kappa shape index (κ2) is 15.8. The summed E-state index contributed by atoms with van der Waals surface area (Å²) in [6.07, 6.45) is 7.05. The molecule has 0 heterocycles. The van der Waals surface area contributed by atoms with Crippen molar-refractivity contribution >= 4 is 35.0 Å². The first kappa shape index (κ1) is 33.8. The minimum absolute atomic E-state index is 0.0124. The molecule has 2 aliphatic carbocycles. The van der Waals surface area contributed by atoms with Crippen LogP contribution in [0.2, 0.25) is 0 Å². The number of ketones is 1. The number of allylic oxidation sites excluding steroid dienone is 5. The van der Waals surface area contributed by atoms with Gasteiger partial charge in [0.1, 0.15) is 11.8 Å². The topological polar surface area (TPSA) is 197 Å². The number of carbonyl (C=O) groups excluding carboxylic acids is 4. The number of phenolic OH excluding ortho intramolecular Hbond substituents is 1. The molecule has 2 aliphatic rings. The molecule has 1 atom stereocenters. The number of carbonyl (C=O) groups is 5. The third-order valence-corrected chi connectivity index (χ3v) is 7.72. The van der Waals surface area contributed by atoms with E-state index in [0.29, 0.717) is 35.1 Å². The zero-order valence-corrected chi connectivity index (χ0v) is 25.6. The van der Waals surface area contributed by atoms with Gasteiger partial charge >= 0.3 is 5.97 Å². The van der Waals surface area contributed by atoms with Gasteiger partial charge in [-0.15, -0.1) is 0 Å². The number of rotatable bonds is 16. The highest BCUT2D eigenvalue weighted by atomic mass is 16.5. The number of phenols is 1. The predicted octanol–water partition coefficient (Wildman–Crippen LogP) is 2.01. The molecule has 4 rings (SSSR count). The van der Waals surface area contributed by atoms with Crippen LogP contribution in [0.5, 0.6) is 5.75 Å². The second-order valence-corrected chi connectivity index (χ2v) is 11.0. The van der Waals surface area contributed by atoms with Gasteiger partial charge in [-0.2, -0.15) is 0 Å². The maximum Gasteiger partial charge on any atom is 0.336 e. The maximum atomic E-state index is 12.9. The molecular formula is C34H38N4O8. The molecule has 2 aromatic carbocycles. The number of aromatic hydroxyl groups is 1. The van der Waals surface area contributed by atoms with E-state index in [2.05, 4.69) is 16.0 Å². The van der Waals surface area contributed by atoms with Crippen LogP contribution in [-0.4, -0.2) is 79.1 Å². The molecule has 12 nitrogen and oxygen atoms in total. The molecule has 1 unspecified atom stereocenters. The number of primary amides is 1. The SMILES string of the molecule is CNCCCCC(NC(=O)CCOCCNC(=O)c1ccc(C2=C3C=CC(=O)C=C3Cc3cc(O)ccc32)c(C(=O)O)c1)C(N)=O. The molecule has 0 radical (unpaired) electrons. The minimum atomic E-state index is -1.23. The summed E-state index contributed by atoms with van der Waals surface area (Å²) in [6, 6.07) is 8.48. The number of unbranched alkanes of at least 4 members (excludes halogenated alkanes) is 1. The van der Waals surface area contributed by atoms with Crippen LogP contribution in [-0.2, 0) is 25.5 Å². The first-order chi connectivity index (χ1) is 22.1. The molecule has 0 spiro atoms. The number of ether oxygens (including phenoxy) is 1. The lowest BCUT2D eigenvalue weighted by Gasteiger charge is -2.27. The number of carboxylic acids is 1. The highest BCUT2D eigenvalue weighted by Gasteiger charge is 2.28. The molecule has 3 amide bonds. The van der Waals surface area contributed by atoms with Gasteiger partial charge in [0.2, 0.25) is 11.8 Å². The Bertz CT molecular complexity index is 1620. The van der Waals surface area contributed by atoms with Gasteiger partial charge in [-0.05, 0) is 109 Å². The number of aromatic carboxylic acids is 1. The number of carboxylic acid groups (broad SMARTS) is 1. The van der Waals surface area contributed by atoms with Crippen molar-refractivity contribution in [2.75, 3.05) is 33.4 Å². The number of hydrogen-bond donors (Lipinski definition) is 6. The second-order valence-electron chi connectivity index (χ2n) is 11.0. The van der Waals surface area contributed by atoms with Gasteiger partial charge in [-0.1, -0.05) is 18.2 Å². The average molecular weight is 631 g/mol. The summed E-state index contributed by atoms with van der Waals surface area (Å²) in [5, 5.41) is 28.5. The standard InChI is InChI=1S/C34H38N4O8/c1-36-12-3-2-4-29(32(35)42)38-30(41)11-14-46-15-13-37-33(43)20-5-8-27(28(19-20)34(44)45)31-25-9-6-23(39)17-21(25)16-22-18-24(40)7-10-26(22)31/h5-10,17-19,29,36,39H,2-4,11-16H2,1H3,(H2,35,42)(H,37,43)(H,38,41)(H,44,45). The van der Waals surface area contributed by atoms with Gasteiger partial charge in [0, 0.05) is 18.5 Å². The summed E-state index contributed by atoms with van der Waals surface area (Å²) in [5.41, 5.74) is 9.28. The van der Waals surface area contributed by atoms with Gasteiger partial charge in [0.05, 0.1) is 18.8 Å². The fourth-order valence-corrected chi connectivity index (χ4v) is 5.46. The highest BCUT2D eigenvalue weighted by molar-refractivity contribution is 6.07. The fraction of sp³-hybridized carbons (Fsp3) is 0.324. The number of amides is 3. The summed E-state index contributed by atoms with van der Waals surface area (Å²) in [7, 11) is 1.84. The lowest BCUT2D eigenvalue weighted by molar-refractivity contribution is -0.128. The van der Waals surface area contributed by atoms with E-state index in [-0.39, 0.29) is 54.7 Å². The van der Waals surface area contributed by atoms with Crippen LogP contribution in [0.3, 0.4) is 0 Å². The minimum Gasteiger partial charge on any atom is -0.508 e. The van der Waals surface area contributed by atoms with Gasteiger partial charge < -0.3 is 36.6 Å². The molecule has 0 aromatic heterocycles. The largest absolute Gasteiger partial charge is 0.508 e. The highest BCUT2D eigenvalue weighted by Crippen LogP contribution is 2.42. The molecule has 12 heteroatoms. The summed E-state index contributed by atoms with van der Waals surface area (Å²) in [6.45, 7) is 1.08. The van der Waals surface area contributed by atoms with Crippen LogP contribution >= 0.6 is 0 Å². The quantitative estimate of drug-likeness (QED) is 0.150. The Morgan fingerprint density at radius 3 is 2.52 bits per heavy atom. The van der Waals surface area contributed by atoms with E-state index >= 15 is 0 Å². The lowest BCUT2D eigenvalue weighted by atomic mass is 9.76. The zero-order valence-electron chi connectivity index (χ0n) is 25.6. The van der Waals surface area contributed by atoms with E-state index in [0.717, 1.165) is 30.5 Å². The molecule has 7 N–H and O–H groups in total. The van der Waals surface area contributed by atoms with Crippen LogP contribution in [0.15, 0.2) is 65.8 Å². The summed E-state index contributed by atoms with van der Waals surface area (Å²) in [5.74, 6) is -2.82. The molecule has 0 saturated carbocycles.